The molecule has 162 valence electrons. The molecule has 8 nitrogen and oxygen atoms in total. The maximum atomic E-state index is 11.7. The summed E-state index contributed by atoms with van der Waals surface area (Å²) in [5.74, 6) is -0.144. The Morgan fingerprint density at radius 3 is 2.65 bits per heavy atom. The number of piperazine rings is 1. The Labute approximate surface area is 181 Å². The van der Waals surface area contributed by atoms with Crippen molar-refractivity contribution < 1.29 is 9.53 Å². The molecule has 0 radical (unpaired) electrons. The van der Waals surface area contributed by atoms with Crippen molar-refractivity contribution in [1.29, 1.82) is 0 Å². The first-order valence-corrected chi connectivity index (χ1v) is 10.9. The van der Waals surface area contributed by atoms with Crippen molar-refractivity contribution in [3.63, 3.8) is 0 Å². The highest BCUT2D eigenvalue weighted by molar-refractivity contribution is 5.81. The first-order valence-electron chi connectivity index (χ1n) is 10.9. The van der Waals surface area contributed by atoms with Gasteiger partial charge in [0.2, 0.25) is 0 Å². The van der Waals surface area contributed by atoms with Crippen LogP contribution in [-0.4, -0.2) is 71.0 Å². The molecule has 5 rings (SSSR count). The van der Waals surface area contributed by atoms with E-state index in [1.54, 1.807) is 0 Å². The van der Waals surface area contributed by atoms with Crippen molar-refractivity contribution in [2.75, 3.05) is 45.2 Å². The van der Waals surface area contributed by atoms with Crippen molar-refractivity contribution in [2.45, 2.75) is 25.8 Å². The van der Waals surface area contributed by atoms with Crippen LogP contribution in [0, 0.1) is 12.8 Å². The number of esters is 1. The van der Waals surface area contributed by atoms with Crippen LogP contribution in [0.25, 0.3) is 22.3 Å². The summed E-state index contributed by atoms with van der Waals surface area (Å²) in [7, 11) is 3.61. The molecule has 1 saturated carbocycles. The van der Waals surface area contributed by atoms with E-state index in [4.69, 9.17) is 14.7 Å². The lowest BCUT2D eigenvalue weighted by molar-refractivity contribution is -0.149. The van der Waals surface area contributed by atoms with Gasteiger partial charge in [-0.15, -0.1) is 0 Å². The van der Waals surface area contributed by atoms with Crippen LogP contribution < -0.4 is 4.90 Å². The zero-order valence-corrected chi connectivity index (χ0v) is 18.3. The summed E-state index contributed by atoms with van der Waals surface area (Å²) in [6.07, 6.45) is 5.40. The molecule has 0 N–H and O–H groups in total. The molecule has 31 heavy (non-hydrogen) atoms. The van der Waals surface area contributed by atoms with Crippen molar-refractivity contribution in [3.8, 4) is 11.3 Å². The van der Waals surface area contributed by atoms with Crippen LogP contribution in [0.2, 0.25) is 0 Å². The minimum Gasteiger partial charge on any atom is -0.469 e. The SMILES string of the molecule is COC(=O)C1CC(n2cc(-c3cnc4cc(N5CCN(C)CC5)ccc4n3)c(C)n2)C1. The minimum atomic E-state index is -0.128. The van der Waals surface area contributed by atoms with Gasteiger partial charge in [-0.1, -0.05) is 0 Å². The van der Waals surface area contributed by atoms with E-state index in [-0.39, 0.29) is 17.9 Å². The van der Waals surface area contributed by atoms with E-state index in [0.717, 1.165) is 67.0 Å². The molecule has 1 aliphatic heterocycles. The van der Waals surface area contributed by atoms with Crippen LogP contribution in [0.15, 0.2) is 30.6 Å². The molecule has 2 aliphatic rings. The summed E-state index contributed by atoms with van der Waals surface area (Å²) < 4.78 is 6.80. The number of ether oxygens (including phenoxy) is 1. The second-order valence-corrected chi connectivity index (χ2v) is 8.67. The zero-order valence-electron chi connectivity index (χ0n) is 18.3. The van der Waals surface area contributed by atoms with Gasteiger partial charge in [0.1, 0.15) is 0 Å². The molecule has 1 saturated heterocycles. The molecule has 1 aliphatic carbocycles. The van der Waals surface area contributed by atoms with Gasteiger partial charge >= 0.3 is 5.97 Å². The Balaban J connectivity index is 1.35. The van der Waals surface area contributed by atoms with Gasteiger partial charge in [0.05, 0.1) is 47.7 Å². The number of carbonyl (C=O) groups is 1. The maximum absolute atomic E-state index is 11.7. The summed E-state index contributed by atoms with van der Waals surface area (Å²) in [5, 5.41) is 4.68. The summed E-state index contributed by atoms with van der Waals surface area (Å²) in [4.78, 5) is 26.0. The average Bonchev–Trinajstić information content (AvgIpc) is 3.13. The Bertz CT molecular complexity index is 1110. The second-order valence-electron chi connectivity index (χ2n) is 8.67. The third kappa shape index (κ3) is 3.76. The molecule has 1 aromatic carbocycles. The number of rotatable bonds is 4. The third-order valence-corrected chi connectivity index (χ3v) is 6.61. The highest BCUT2D eigenvalue weighted by Gasteiger charge is 2.37. The van der Waals surface area contributed by atoms with Gasteiger partial charge in [-0.3, -0.25) is 14.5 Å². The maximum Gasteiger partial charge on any atom is 0.308 e. The lowest BCUT2D eigenvalue weighted by atomic mass is 9.80. The van der Waals surface area contributed by atoms with Gasteiger partial charge in [-0.25, -0.2) is 4.98 Å². The molecular weight excluding hydrogens is 392 g/mol. The number of aromatic nitrogens is 4. The molecule has 8 heteroatoms. The number of methoxy groups -OCH3 is 1. The molecule has 0 spiro atoms. The number of benzene rings is 1. The standard InChI is InChI=1S/C23H28N6O2/c1-15-19(14-29(26-15)18-10-16(11-18)23(30)31-3)22-13-24-21-12-17(4-5-20(21)25-22)28-8-6-27(2)7-9-28/h4-5,12-14,16,18H,6-11H2,1-3H3. The molecule has 0 amide bonds. The van der Waals surface area contributed by atoms with Gasteiger partial charge < -0.3 is 14.5 Å². The number of fused-ring (bicyclic) bond motifs is 1. The van der Waals surface area contributed by atoms with E-state index in [1.807, 2.05) is 24.0 Å². The number of aryl methyl sites for hydroxylation is 1. The van der Waals surface area contributed by atoms with E-state index >= 15 is 0 Å². The van der Waals surface area contributed by atoms with E-state index < -0.39 is 0 Å². The highest BCUT2D eigenvalue weighted by Crippen LogP contribution is 2.39. The van der Waals surface area contributed by atoms with Gasteiger partial charge in [0, 0.05) is 43.6 Å². The smallest absolute Gasteiger partial charge is 0.308 e. The first-order chi connectivity index (χ1) is 15.0. The zero-order chi connectivity index (χ0) is 21.5. The van der Waals surface area contributed by atoms with E-state index in [1.165, 1.54) is 12.8 Å². The Morgan fingerprint density at radius 1 is 1.13 bits per heavy atom. The predicted molar refractivity (Wildman–Crippen MR) is 119 cm³/mol. The number of anilines is 1. The molecule has 2 aromatic heterocycles. The first kappa shape index (κ1) is 19.9. The molecular formula is C23H28N6O2. The molecule has 0 atom stereocenters. The van der Waals surface area contributed by atoms with Crippen LogP contribution in [-0.2, 0) is 9.53 Å². The number of likely N-dealkylation sites (N-methyl/N-ethyl adjacent to an activating group) is 1. The summed E-state index contributed by atoms with van der Waals surface area (Å²) >= 11 is 0. The fourth-order valence-corrected chi connectivity index (χ4v) is 4.47. The molecule has 0 bridgehead atoms. The van der Waals surface area contributed by atoms with Gasteiger partial charge in [0.15, 0.2) is 0 Å². The number of nitrogens with zero attached hydrogens (tertiary/aromatic N) is 6. The number of carbonyl (C=O) groups excluding carboxylic acids is 1. The highest BCUT2D eigenvalue weighted by atomic mass is 16.5. The summed E-state index contributed by atoms with van der Waals surface area (Å²) in [6, 6.07) is 6.57. The van der Waals surface area contributed by atoms with E-state index in [2.05, 4.69) is 40.1 Å². The van der Waals surface area contributed by atoms with Crippen LogP contribution in [0.3, 0.4) is 0 Å². The van der Waals surface area contributed by atoms with E-state index in [9.17, 15) is 4.79 Å². The van der Waals surface area contributed by atoms with Gasteiger partial charge in [-0.05, 0) is 45.0 Å². The Hall–Kier alpha value is -3.00. The third-order valence-electron chi connectivity index (χ3n) is 6.61. The monoisotopic (exact) mass is 420 g/mol. The fraction of sp³-hybridized carbons (Fsp3) is 0.478. The quantitative estimate of drug-likeness (QED) is 0.601. The van der Waals surface area contributed by atoms with E-state index in [0.29, 0.717) is 0 Å². The van der Waals surface area contributed by atoms with Crippen LogP contribution in [0.4, 0.5) is 5.69 Å². The summed E-state index contributed by atoms with van der Waals surface area (Å²) in [6.45, 7) is 6.21. The number of hydrogen-bond acceptors (Lipinski definition) is 7. The van der Waals surface area contributed by atoms with Crippen molar-refractivity contribution >= 4 is 22.7 Å². The molecule has 3 aromatic rings. The van der Waals surface area contributed by atoms with Crippen molar-refractivity contribution in [2.24, 2.45) is 5.92 Å². The number of hydrogen-bond donors (Lipinski definition) is 0. The largest absolute Gasteiger partial charge is 0.469 e. The normalized spacial score (nSPS) is 21.8. The topological polar surface area (TPSA) is 76.4 Å². The van der Waals surface area contributed by atoms with Crippen molar-refractivity contribution in [3.05, 3.63) is 36.3 Å². The Morgan fingerprint density at radius 2 is 1.90 bits per heavy atom. The van der Waals surface area contributed by atoms with Crippen LogP contribution in [0.1, 0.15) is 24.6 Å². The minimum absolute atomic E-state index is 0.0158. The van der Waals surface area contributed by atoms with Crippen molar-refractivity contribution in [1.82, 2.24) is 24.6 Å². The predicted octanol–water partition coefficient (Wildman–Crippen LogP) is 2.68. The molecule has 3 heterocycles. The second kappa shape index (κ2) is 7.92. The fourth-order valence-electron chi connectivity index (χ4n) is 4.47. The van der Waals surface area contributed by atoms with Gasteiger partial charge in [0.25, 0.3) is 0 Å². The molecule has 2 fully saturated rings. The lowest BCUT2D eigenvalue weighted by Gasteiger charge is -2.34. The lowest BCUT2D eigenvalue weighted by Crippen LogP contribution is -2.44. The summed E-state index contributed by atoms with van der Waals surface area (Å²) in [5.41, 5.74) is 5.73. The van der Waals surface area contributed by atoms with Crippen LogP contribution in [0.5, 0.6) is 0 Å². The van der Waals surface area contributed by atoms with Crippen LogP contribution >= 0.6 is 0 Å². The van der Waals surface area contributed by atoms with Gasteiger partial charge in [-0.2, -0.15) is 5.10 Å². The Kier molecular flexibility index (Phi) is 5.09. The average molecular weight is 421 g/mol. The molecule has 0 unspecified atom stereocenters.